The van der Waals surface area contributed by atoms with E-state index in [-0.39, 0.29) is 17.6 Å². The van der Waals surface area contributed by atoms with E-state index in [2.05, 4.69) is 10.3 Å². The zero-order valence-electron chi connectivity index (χ0n) is 12.6. The van der Waals surface area contributed by atoms with Gasteiger partial charge in [0.25, 0.3) is 0 Å². The third-order valence-electron chi connectivity index (χ3n) is 4.12. The Morgan fingerprint density at radius 3 is 2.73 bits per heavy atom. The third kappa shape index (κ3) is 3.18. The zero-order valence-corrected chi connectivity index (χ0v) is 12.6. The fourth-order valence-corrected chi connectivity index (χ4v) is 2.49. The van der Waals surface area contributed by atoms with Crippen molar-refractivity contribution in [2.45, 2.75) is 32.6 Å². The van der Waals surface area contributed by atoms with Crippen molar-refractivity contribution in [3.05, 3.63) is 41.5 Å². The van der Waals surface area contributed by atoms with Crippen LogP contribution in [0.25, 0.3) is 11.5 Å². The summed E-state index contributed by atoms with van der Waals surface area (Å²) in [6, 6.07) is 6.05. The van der Waals surface area contributed by atoms with Gasteiger partial charge in [-0.3, -0.25) is 4.79 Å². The van der Waals surface area contributed by atoms with Crippen molar-refractivity contribution in [1.82, 2.24) is 10.3 Å². The van der Waals surface area contributed by atoms with Crippen molar-refractivity contribution in [2.75, 3.05) is 6.54 Å². The second-order valence-electron chi connectivity index (χ2n) is 5.70. The maximum absolute atomic E-state index is 12.9. The van der Waals surface area contributed by atoms with Crippen molar-refractivity contribution >= 4 is 5.91 Å². The van der Waals surface area contributed by atoms with E-state index in [0.29, 0.717) is 18.9 Å². The number of amides is 1. The minimum Gasteiger partial charge on any atom is -0.441 e. The topological polar surface area (TPSA) is 55.1 Å². The van der Waals surface area contributed by atoms with Crippen LogP contribution < -0.4 is 5.32 Å². The van der Waals surface area contributed by atoms with E-state index in [1.54, 1.807) is 12.1 Å². The molecule has 4 nitrogen and oxygen atoms in total. The van der Waals surface area contributed by atoms with Crippen LogP contribution >= 0.6 is 0 Å². The quantitative estimate of drug-likeness (QED) is 0.922. The van der Waals surface area contributed by atoms with Crippen LogP contribution in [0.15, 0.2) is 28.7 Å². The summed E-state index contributed by atoms with van der Waals surface area (Å²) in [5, 5.41) is 2.95. The van der Waals surface area contributed by atoms with Gasteiger partial charge in [-0.25, -0.2) is 9.37 Å². The van der Waals surface area contributed by atoms with Crippen LogP contribution in [0.4, 0.5) is 4.39 Å². The van der Waals surface area contributed by atoms with Gasteiger partial charge in [0.05, 0.1) is 5.69 Å². The molecule has 0 aliphatic heterocycles. The van der Waals surface area contributed by atoms with E-state index in [1.165, 1.54) is 12.1 Å². The van der Waals surface area contributed by atoms with Crippen LogP contribution in [-0.4, -0.2) is 17.4 Å². The van der Waals surface area contributed by atoms with Crippen molar-refractivity contribution in [3.63, 3.8) is 0 Å². The van der Waals surface area contributed by atoms with E-state index in [9.17, 15) is 9.18 Å². The molecule has 0 bridgehead atoms. The van der Waals surface area contributed by atoms with Crippen LogP contribution in [0.5, 0.6) is 0 Å². The molecule has 1 aliphatic rings. The molecule has 1 heterocycles. The highest BCUT2D eigenvalue weighted by Crippen LogP contribution is 2.26. The maximum atomic E-state index is 12.9. The number of halogens is 1. The Bertz CT molecular complexity index is 660. The number of hydrogen-bond donors (Lipinski definition) is 1. The standard InChI is InChI=1S/C17H19FN2O2/c1-11-15(9-10-19-16(21)12-3-2-4-12)20-17(22-11)13-5-7-14(18)8-6-13/h5-8,12H,2-4,9-10H2,1H3,(H,19,21). The molecule has 1 aliphatic carbocycles. The van der Waals surface area contributed by atoms with Gasteiger partial charge < -0.3 is 9.73 Å². The molecule has 2 aromatic rings. The average Bonchev–Trinajstić information content (AvgIpc) is 2.79. The molecule has 3 rings (SSSR count). The Balaban J connectivity index is 1.60. The molecule has 0 unspecified atom stereocenters. The lowest BCUT2D eigenvalue weighted by atomic mass is 9.85. The van der Waals surface area contributed by atoms with E-state index in [1.807, 2.05) is 6.92 Å². The molecule has 116 valence electrons. The molecule has 0 atom stereocenters. The average molecular weight is 302 g/mol. The van der Waals surface area contributed by atoms with Gasteiger partial charge >= 0.3 is 0 Å². The van der Waals surface area contributed by atoms with Crippen molar-refractivity contribution < 1.29 is 13.6 Å². The maximum Gasteiger partial charge on any atom is 0.226 e. The number of carbonyl (C=O) groups is 1. The highest BCUT2D eigenvalue weighted by molar-refractivity contribution is 5.79. The van der Waals surface area contributed by atoms with Gasteiger partial charge in [-0.05, 0) is 44.0 Å². The van der Waals surface area contributed by atoms with Crippen LogP contribution in [0, 0.1) is 18.7 Å². The number of rotatable bonds is 5. The van der Waals surface area contributed by atoms with Crippen molar-refractivity contribution in [2.24, 2.45) is 5.92 Å². The highest BCUT2D eigenvalue weighted by atomic mass is 19.1. The third-order valence-corrected chi connectivity index (χ3v) is 4.12. The molecule has 0 saturated heterocycles. The first-order valence-corrected chi connectivity index (χ1v) is 7.63. The number of hydrogen-bond acceptors (Lipinski definition) is 3. The zero-order chi connectivity index (χ0) is 15.5. The van der Waals surface area contributed by atoms with E-state index < -0.39 is 0 Å². The summed E-state index contributed by atoms with van der Waals surface area (Å²) in [6.45, 7) is 2.41. The smallest absolute Gasteiger partial charge is 0.226 e. The lowest BCUT2D eigenvalue weighted by molar-refractivity contribution is -0.127. The lowest BCUT2D eigenvalue weighted by Gasteiger charge is -2.23. The first kappa shape index (κ1) is 14.8. The first-order valence-electron chi connectivity index (χ1n) is 7.63. The molecule has 0 spiro atoms. The molecule has 1 fully saturated rings. The monoisotopic (exact) mass is 302 g/mol. The number of aryl methyl sites for hydroxylation is 1. The summed E-state index contributed by atoms with van der Waals surface area (Å²) >= 11 is 0. The normalized spacial score (nSPS) is 14.6. The van der Waals surface area contributed by atoms with Crippen molar-refractivity contribution in [3.8, 4) is 11.5 Å². The van der Waals surface area contributed by atoms with Gasteiger partial charge in [-0.2, -0.15) is 0 Å². The Morgan fingerprint density at radius 1 is 1.36 bits per heavy atom. The highest BCUT2D eigenvalue weighted by Gasteiger charge is 2.24. The minimum absolute atomic E-state index is 0.145. The Kier molecular flexibility index (Phi) is 4.22. The Morgan fingerprint density at radius 2 is 2.09 bits per heavy atom. The van der Waals surface area contributed by atoms with E-state index in [0.717, 1.165) is 36.3 Å². The van der Waals surface area contributed by atoms with E-state index >= 15 is 0 Å². The van der Waals surface area contributed by atoms with Gasteiger partial charge in [0.2, 0.25) is 11.8 Å². The largest absolute Gasteiger partial charge is 0.441 e. The van der Waals surface area contributed by atoms with Crippen LogP contribution in [-0.2, 0) is 11.2 Å². The Labute approximate surface area is 128 Å². The molecule has 0 radical (unpaired) electrons. The summed E-state index contributed by atoms with van der Waals surface area (Å²) in [4.78, 5) is 16.2. The number of oxazole rings is 1. The molecule has 5 heteroatoms. The molecule has 1 aromatic heterocycles. The number of nitrogens with one attached hydrogen (secondary N) is 1. The molecule has 22 heavy (non-hydrogen) atoms. The van der Waals surface area contributed by atoms with Gasteiger partial charge in [-0.15, -0.1) is 0 Å². The first-order chi connectivity index (χ1) is 10.6. The summed E-state index contributed by atoms with van der Waals surface area (Å²) in [6.07, 6.45) is 3.80. The molecule has 1 amide bonds. The molecule has 1 saturated carbocycles. The predicted molar refractivity (Wildman–Crippen MR) is 80.7 cm³/mol. The molecule has 1 N–H and O–H groups in total. The number of nitrogens with zero attached hydrogens (tertiary/aromatic N) is 1. The van der Waals surface area contributed by atoms with Gasteiger partial charge in [0.15, 0.2) is 0 Å². The van der Waals surface area contributed by atoms with E-state index in [4.69, 9.17) is 4.42 Å². The molecular formula is C17H19FN2O2. The summed E-state index contributed by atoms with van der Waals surface area (Å²) < 4.78 is 18.6. The second-order valence-corrected chi connectivity index (χ2v) is 5.70. The van der Waals surface area contributed by atoms with Crippen LogP contribution in [0.3, 0.4) is 0 Å². The van der Waals surface area contributed by atoms with Crippen molar-refractivity contribution in [1.29, 1.82) is 0 Å². The van der Waals surface area contributed by atoms with Gasteiger partial charge in [0, 0.05) is 24.4 Å². The fraction of sp³-hybridized carbons (Fsp3) is 0.412. The summed E-state index contributed by atoms with van der Waals surface area (Å²) in [5.74, 6) is 1.28. The second kappa shape index (κ2) is 6.30. The number of carbonyl (C=O) groups excluding carboxylic acids is 1. The number of aromatic nitrogens is 1. The fourth-order valence-electron chi connectivity index (χ4n) is 2.49. The molecular weight excluding hydrogens is 283 g/mol. The minimum atomic E-state index is -0.286. The van der Waals surface area contributed by atoms with Crippen LogP contribution in [0.2, 0.25) is 0 Å². The van der Waals surface area contributed by atoms with Gasteiger partial charge in [0.1, 0.15) is 11.6 Å². The summed E-state index contributed by atoms with van der Waals surface area (Å²) in [5.41, 5.74) is 1.57. The van der Waals surface area contributed by atoms with Crippen LogP contribution in [0.1, 0.15) is 30.7 Å². The predicted octanol–water partition coefficient (Wildman–Crippen LogP) is 3.25. The lowest BCUT2D eigenvalue weighted by Crippen LogP contribution is -2.35. The Hall–Kier alpha value is -2.17. The molecule has 1 aromatic carbocycles. The summed E-state index contributed by atoms with van der Waals surface area (Å²) in [7, 11) is 0. The SMILES string of the molecule is Cc1oc(-c2ccc(F)cc2)nc1CCNC(=O)C1CCC1. The van der Waals surface area contributed by atoms with Gasteiger partial charge in [-0.1, -0.05) is 6.42 Å². The number of benzene rings is 1.